The van der Waals surface area contributed by atoms with Gasteiger partial charge in [-0.25, -0.2) is 4.79 Å². The molecule has 2 N–H and O–H groups in total. The first-order valence-corrected chi connectivity index (χ1v) is 9.42. The van der Waals surface area contributed by atoms with Gasteiger partial charge in [0.15, 0.2) is 0 Å². The zero-order valence-corrected chi connectivity index (χ0v) is 15.1. The van der Waals surface area contributed by atoms with Crippen LogP contribution in [0.15, 0.2) is 48.5 Å². The van der Waals surface area contributed by atoms with Crippen LogP contribution in [0.4, 0.5) is 0 Å². The predicted octanol–water partition coefficient (Wildman–Crippen LogP) is 5.16. The van der Waals surface area contributed by atoms with Crippen molar-refractivity contribution in [3.8, 4) is 11.5 Å². The van der Waals surface area contributed by atoms with Crippen LogP contribution in [0, 0.1) is 0 Å². The van der Waals surface area contributed by atoms with Gasteiger partial charge in [0.25, 0.3) is 0 Å². The van der Waals surface area contributed by atoms with Crippen molar-refractivity contribution in [2.45, 2.75) is 44.8 Å². The Balaban J connectivity index is 1.64. The van der Waals surface area contributed by atoms with Crippen LogP contribution in [0.2, 0.25) is 0 Å². The number of fused-ring (bicyclic) bond motifs is 1. The van der Waals surface area contributed by atoms with Crippen LogP contribution in [0.5, 0.6) is 11.5 Å². The normalized spacial score (nSPS) is 15.0. The van der Waals surface area contributed by atoms with Crippen LogP contribution in [0.25, 0.3) is 10.9 Å². The zero-order valence-electron chi connectivity index (χ0n) is 15.1. The minimum Gasteiger partial charge on any atom is -0.490 e. The van der Waals surface area contributed by atoms with Crippen LogP contribution in [0.3, 0.4) is 0 Å². The van der Waals surface area contributed by atoms with Crippen molar-refractivity contribution in [1.82, 2.24) is 4.98 Å². The number of ether oxygens (including phenoxy) is 2. The Hall–Kier alpha value is -2.95. The molecule has 1 aliphatic rings. The summed E-state index contributed by atoms with van der Waals surface area (Å²) in [5.74, 6) is 0.358. The highest BCUT2D eigenvalue weighted by molar-refractivity contribution is 5.96. The fourth-order valence-electron chi connectivity index (χ4n) is 3.59. The summed E-state index contributed by atoms with van der Waals surface area (Å²) >= 11 is 0. The summed E-state index contributed by atoms with van der Waals surface area (Å²) < 4.78 is 12.2. The van der Waals surface area contributed by atoms with E-state index in [2.05, 4.69) is 4.98 Å². The maximum Gasteiger partial charge on any atom is 0.352 e. The highest BCUT2D eigenvalue weighted by Gasteiger charge is 2.18. The molecule has 1 saturated carbocycles. The number of carboxylic acid groups (broad SMARTS) is 1. The summed E-state index contributed by atoms with van der Waals surface area (Å²) in [7, 11) is 0. The SMILES string of the molecule is O=C(O)c1cc2c(OCc3ccccc3)cc(OC3CCCCC3)cc2[nH]1. The number of nitrogens with one attached hydrogen (secondary N) is 1. The number of H-pyrrole nitrogens is 1. The molecule has 0 saturated heterocycles. The average molecular weight is 365 g/mol. The Labute approximate surface area is 157 Å². The minimum absolute atomic E-state index is 0.143. The highest BCUT2D eigenvalue weighted by Crippen LogP contribution is 2.34. The van der Waals surface area contributed by atoms with Gasteiger partial charge in [-0.15, -0.1) is 0 Å². The number of rotatable bonds is 6. The molecule has 1 fully saturated rings. The molecule has 140 valence electrons. The lowest BCUT2D eigenvalue weighted by Crippen LogP contribution is -2.19. The monoisotopic (exact) mass is 365 g/mol. The van der Waals surface area contributed by atoms with E-state index in [1.54, 1.807) is 6.07 Å². The number of carboxylic acids is 1. The van der Waals surface area contributed by atoms with Crippen molar-refractivity contribution in [3.63, 3.8) is 0 Å². The van der Waals surface area contributed by atoms with Crippen molar-refractivity contribution in [1.29, 1.82) is 0 Å². The third-order valence-corrected chi connectivity index (χ3v) is 5.00. The van der Waals surface area contributed by atoms with Gasteiger partial charge >= 0.3 is 5.97 Å². The molecule has 0 aliphatic heterocycles. The highest BCUT2D eigenvalue weighted by atomic mass is 16.5. The lowest BCUT2D eigenvalue weighted by atomic mass is 9.98. The van der Waals surface area contributed by atoms with E-state index >= 15 is 0 Å². The van der Waals surface area contributed by atoms with Gasteiger partial charge in [-0.3, -0.25) is 0 Å². The van der Waals surface area contributed by atoms with Crippen LogP contribution in [-0.2, 0) is 6.61 Å². The Morgan fingerprint density at radius 2 is 1.85 bits per heavy atom. The first-order chi connectivity index (χ1) is 13.2. The molecule has 0 unspecified atom stereocenters. The van der Waals surface area contributed by atoms with E-state index < -0.39 is 5.97 Å². The maximum absolute atomic E-state index is 11.4. The smallest absolute Gasteiger partial charge is 0.352 e. The molecule has 0 amide bonds. The van der Waals surface area contributed by atoms with Crippen LogP contribution in [-0.4, -0.2) is 22.2 Å². The molecule has 5 nitrogen and oxygen atoms in total. The first kappa shape index (κ1) is 17.5. The Bertz CT molecular complexity index is 926. The van der Waals surface area contributed by atoms with E-state index in [-0.39, 0.29) is 11.8 Å². The Morgan fingerprint density at radius 3 is 2.59 bits per heavy atom. The maximum atomic E-state index is 11.4. The molecule has 2 aromatic carbocycles. The minimum atomic E-state index is -0.991. The topological polar surface area (TPSA) is 71.6 Å². The Kier molecular flexibility index (Phi) is 5.01. The summed E-state index contributed by atoms with van der Waals surface area (Å²) in [6, 6.07) is 15.3. The quantitative estimate of drug-likeness (QED) is 0.633. The van der Waals surface area contributed by atoms with Gasteiger partial charge in [-0.1, -0.05) is 36.8 Å². The van der Waals surface area contributed by atoms with E-state index in [1.807, 2.05) is 42.5 Å². The number of aromatic amines is 1. The number of hydrogen-bond donors (Lipinski definition) is 2. The molecular weight excluding hydrogens is 342 g/mol. The number of hydrogen-bond acceptors (Lipinski definition) is 3. The summed E-state index contributed by atoms with van der Waals surface area (Å²) in [5.41, 5.74) is 1.91. The van der Waals surface area contributed by atoms with Crippen LogP contribution in [0.1, 0.15) is 48.2 Å². The Morgan fingerprint density at radius 1 is 1.07 bits per heavy atom. The number of benzene rings is 2. The van der Waals surface area contributed by atoms with Crippen molar-refractivity contribution < 1.29 is 19.4 Å². The van der Waals surface area contributed by atoms with Crippen molar-refractivity contribution in [2.24, 2.45) is 0 Å². The number of aromatic nitrogens is 1. The standard InChI is InChI=1S/C22H23NO4/c24-22(25)20-13-18-19(23-20)11-17(27-16-9-5-2-6-10-16)12-21(18)26-14-15-7-3-1-4-8-15/h1,3-4,7-8,11-13,16,23H,2,5-6,9-10,14H2,(H,24,25). The fourth-order valence-corrected chi connectivity index (χ4v) is 3.59. The van der Waals surface area contributed by atoms with E-state index in [4.69, 9.17) is 9.47 Å². The van der Waals surface area contributed by atoms with Gasteiger partial charge in [0.2, 0.25) is 0 Å². The molecule has 0 radical (unpaired) electrons. The molecular formula is C22H23NO4. The molecule has 0 spiro atoms. The van der Waals surface area contributed by atoms with Gasteiger partial charge in [0, 0.05) is 17.5 Å². The fraction of sp³-hybridized carbons (Fsp3) is 0.318. The molecule has 1 aliphatic carbocycles. The van der Waals surface area contributed by atoms with Gasteiger partial charge in [0.1, 0.15) is 23.8 Å². The second-order valence-electron chi connectivity index (χ2n) is 7.02. The molecule has 5 heteroatoms. The lowest BCUT2D eigenvalue weighted by molar-refractivity contribution is 0.0691. The van der Waals surface area contributed by atoms with E-state index in [0.29, 0.717) is 17.9 Å². The molecule has 4 rings (SSSR count). The average Bonchev–Trinajstić information content (AvgIpc) is 3.12. The zero-order chi connectivity index (χ0) is 18.6. The van der Waals surface area contributed by atoms with Crippen molar-refractivity contribution in [2.75, 3.05) is 0 Å². The third-order valence-electron chi connectivity index (χ3n) is 5.00. The van der Waals surface area contributed by atoms with E-state index in [9.17, 15) is 9.90 Å². The molecule has 0 atom stereocenters. The van der Waals surface area contributed by atoms with Crippen molar-refractivity contribution >= 4 is 16.9 Å². The number of aromatic carboxylic acids is 1. The molecule has 1 aromatic heterocycles. The first-order valence-electron chi connectivity index (χ1n) is 9.42. The predicted molar refractivity (Wildman–Crippen MR) is 104 cm³/mol. The summed E-state index contributed by atoms with van der Waals surface area (Å²) in [4.78, 5) is 14.3. The van der Waals surface area contributed by atoms with Gasteiger partial charge in [0.05, 0.1) is 11.6 Å². The lowest BCUT2D eigenvalue weighted by Gasteiger charge is -2.23. The molecule has 27 heavy (non-hydrogen) atoms. The van der Waals surface area contributed by atoms with Crippen molar-refractivity contribution in [3.05, 3.63) is 59.8 Å². The van der Waals surface area contributed by atoms with Gasteiger partial charge < -0.3 is 19.6 Å². The summed E-state index contributed by atoms with van der Waals surface area (Å²) in [5, 5.41) is 10.1. The molecule has 1 heterocycles. The van der Waals surface area contributed by atoms with Gasteiger partial charge in [-0.05, 0) is 37.3 Å². The van der Waals surface area contributed by atoms with E-state index in [1.165, 1.54) is 19.3 Å². The van der Waals surface area contributed by atoms with Gasteiger partial charge in [-0.2, -0.15) is 0 Å². The second-order valence-corrected chi connectivity index (χ2v) is 7.02. The third kappa shape index (κ3) is 4.08. The largest absolute Gasteiger partial charge is 0.490 e. The summed E-state index contributed by atoms with van der Waals surface area (Å²) in [6.07, 6.45) is 5.98. The van der Waals surface area contributed by atoms with E-state index in [0.717, 1.165) is 29.5 Å². The summed E-state index contributed by atoms with van der Waals surface area (Å²) in [6.45, 7) is 0.413. The molecule has 0 bridgehead atoms. The van der Waals surface area contributed by atoms with Crippen LogP contribution < -0.4 is 9.47 Å². The second kappa shape index (κ2) is 7.74. The van der Waals surface area contributed by atoms with Crippen LogP contribution >= 0.6 is 0 Å². The number of carbonyl (C=O) groups is 1. The molecule has 3 aromatic rings.